The van der Waals surface area contributed by atoms with Crippen LogP contribution in [0.4, 0.5) is 20.3 Å². The van der Waals surface area contributed by atoms with Crippen LogP contribution in [0.5, 0.6) is 0 Å². The molecule has 1 amide bonds. The Morgan fingerprint density at radius 3 is 2.51 bits per heavy atom. The van der Waals surface area contributed by atoms with Gasteiger partial charge in [0, 0.05) is 92.9 Å². The summed E-state index contributed by atoms with van der Waals surface area (Å²) in [6.07, 6.45) is 9.06. The van der Waals surface area contributed by atoms with Gasteiger partial charge in [0.25, 0.3) is 6.43 Å². The van der Waals surface area contributed by atoms with Gasteiger partial charge >= 0.3 is 0 Å². The van der Waals surface area contributed by atoms with Gasteiger partial charge in [-0.15, -0.1) is 11.3 Å². The molecule has 8 rings (SSSR count). The minimum absolute atomic E-state index is 0.0399. The van der Waals surface area contributed by atoms with Gasteiger partial charge in [0.2, 0.25) is 5.91 Å². The first-order chi connectivity index (χ1) is 21.9. The van der Waals surface area contributed by atoms with Gasteiger partial charge in [-0.3, -0.25) is 14.5 Å². The van der Waals surface area contributed by atoms with Crippen LogP contribution in [0.25, 0.3) is 10.4 Å². The quantitative estimate of drug-likeness (QED) is 0.366. The first kappa shape index (κ1) is 29.5. The lowest BCUT2D eigenvalue weighted by Crippen LogP contribution is -2.57. The molecule has 2 saturated heterocycles. The lowest BCUT2D eigenvalue weighted by atomic mass is 9.68. The van der Waals surface area contributed by atoms with Gasteiger partial charge in [-0.1, -0.05) is 0 Å². The maximum absolute atomic E-state index is 14.5. The maximum Gasteiger partial charge on any atom is 0.264 e. The largest absolute Gasteiger partial charge is 0.338 e. The molecule has 0 radical (unpaired) electrons. The number of nitrogens with one attached hydrogen (secondary N) is 1. The topological polar surface area (TPSA) is 69.5 Å². The van der Waals surface area contributed by atoms with Crippen LogP contribution in [-0.2, 0) is 24.2 Å². The number of fused-ring (bicyclic) bond motifs is 2. The van der Waals surface area contributed by atoms with E-state index in [1.54, 1.807) is 24.7 Å². The highest BCUT2D eigenvalue weighted by molar-refractivity contribution is 7.13. The summed E-state index contributed by atoms with van der Waals surface area (Å²) < 4.78 is 31.3. The molecule has 8 nitrogen and oxygen atoms in total. The van der Waals surface area contributed by atoms with Crippen molar-refractivity contribution >= 4 is 28.7 Å². The minimum Gasteiger partial charge on any atom is -0.338 e. The van der Waals surface area contributed by atoms with Crippen LogP contribution in [0.1, 0.15) is 86.7 Å². The lowest BCUT2D eigenvalue weighted by Gasteiger charge is -2.50. The summed E-state index contributed by atoms with van der Waals surface area (Å²) in [6, 6.07) is 4.66. The Kier molecular flexibility index (Phi) is 7.69. The fourth-order valence-corrected chi connectivity index (χ4v) is 9.40. The van der Waals surface area contributed by atoms with E-state index in [1.165, 1.54) is 55.8 Å². The van der Waals surface area contributed by atoms with Crippen LogP contribution >= 0.6 is 11.3 Å². The summed E-state index contributed by atoms with van der Waals surface area (Å²) in [4.78, 5) is 24.2. The third-order valence-electron chi connectivity index (χ3n) is 11.4. The molecule has 1 aromatic carbocycles. The van der Waals surface area contributed by atoms with Crippen LogP contribution in [0, 0.1) is 5.41 Å². The van der Waals surface area contributed by atoms with Crippen molar-refractivity contribution in [2.45, 2.75) is 89.8 Å². The molecule has 45 heavy (non-hydrogen) atoms. The zero-order valence-electron chi connectivity index (χ0n) is 26.1. The second-order valence-electron chi connectivity index (χ2n) is 14.0. The Morgan fingerprint density at radius 1 is 1.04 bits per heavy atom. The first-order valence-corrected chi connectivity index (χ1v) is 17.7. The van der Waals surface area contributed by atoms with Gasteiger partial charge < -0.3 is 20.0 Å². The number of aryl methyl sites for hydroxylation is 1. The third kappa shape index (κ3) is 5.28. The molecular weight excluding hydrogens is 592 g/mol. The number of alkyl halides is 2. The molecule has 11 heteroatoms. The predicted molar refractivity (Wildman–Crippen MR) is 172 cm³/mol. The van der Waals surface area contributed by atoms with Crippen LogP contribution in [-0.4, -0.2) is 75.8 Å². The molecule has 1 N–H and O–H groups in total. The zero-order chi connectivity index (χ0) is 30.7. The van der Waals surface area contributed by atoms with E-state index in [0.29, 0.717) is 36.2 Å². The second-order valence-corrected chi connectivity index (χ2v) is 14.9. The fraction of sp³-hybridized carbons (Fsp3) is 0.618. The highest BCUT2D eigenvalue weighted by Gasteiger charge is 2.42. The number of piperidine rings is 1. The Morgan fingerprint density at radius 2 is 1.84 bits per heavy atom. The van der Waals surface area contributed by atoms with Gasteiger partial charge in [0.1, 0.15) is 0 Å². The average molecular weight is 636 g/mol. The molecule has 3 aromatic rings. The number of carbonyl (C=O) groups is 1. The number of benzene rings is 1. The standard InChI is InChI=1S/C34H43F2N7OS/c1-22(44)41-14-8-29-28(18-41)33(39-43(29)25-6-12-40(13-7-25)24-4-9-34(10-5-24)19-38-20-34)42-11-2-3-23-15-26(31-17-37-21-45-31)27(32(35)36)16-30(23)42/h15-17,21,24-25,32,38H,2-14,18-20H2,1H3. The van der Waals surface area contributed by atoms with E-state index in [4.69, 9.17) is 5.10 Å². The number of hydrogen-bond donors (Lipinski definition) is 1. The smallest absolute Gasteiger partial charge is 0.264 e. The molecule has 3 fully saturated rings. The Balaban J connectivity index is 1.09. The molecule has 240 valence electrons. The van der Waals surface area contributed by atoms with Crippen molar-refractivity contribution < 1.29 is 13.6 Å². The van der Waals surface area contributed by atoms with Gasteiger partial charge in [0.15, 0.2) is 5.82 Å². The highest BCUT2D eigenvalue weighted by Crippen LogP contribution is 2.45. The van der Waals surface area contributed by atoms with Crippen LogP contribution in [0.3, 0.4) is 0 Å². The number of halogens is 2. The van der Waals surface area contributed by atoms with Gasteiger partial charge in [-0.2, -0.15) is 5.10 Å². The number of carbonyl (C=O) groups excluding carboxylic acids is 1. The molecule has 1 saturated carbocycles. The summed E-state index contributed by atoms with van der Waals surface area (Å²) in [5.41, 5.74) is 7.09. The molecule has 1 aliphatic carbocycles. The van der Waals surface area contributed by atoms with E-state index in [9.17, 15) is 13.6 Å². The Hall–Kier alpha value is -2.89. The molecule has 2 aromatic heterocycles. The number of aromatic nitrogens is 3. The molecular formula is C34H43F2N7OS. The van der Waals surface area contributed by atoms with Gasteiger partial charge in [0.05, 0.1) is 23.0 Å². The van der Waals surface area contributed by atoms with Crippen molar-refractivity contribution in [3.63, 3.8) is 0 Å². The summed E-state index contributed by atoms with van der Waals surface area (Å²) in [5.74, 6) is 0.907. The maximum atomic E-state index is 14.5. The number of thiazole rings is 1. The van der Waals surface area contributed by atoms with Gasteiger partial charge in [-0.05, 0) is 74.5 Å². The number of rotatable bonds is 5. The van der Waals surface area contributed by atoms with E-state index < -0.39 is 6.43 Å². The molecule has 6 heterocycles. The number of anilines is 2. The van der Waals surface area contributed by atoms with Crippen molar-refractivity contribution in [2.24, 2.45) is 5.41 Å². The molecule has 4 aliphatic heterocycles. The van der Waals surface area contributed by atoms with Crippen LogP contribution < -0.4 is 10.2 Å². The zero-order valence-corrected chi connectivity index (χ0v) is 26.9. The van der Waals surface area contributed by atoms with Crippen LogP contribution in [0.2, 0.25) is 0 Å². The van der Waals surface area contributed by atoms with Crippen molar-refractivity contribution in [3.05, 3.63) is 46.2 Å². The van der Waals surface area contributed by atoms with Crippen molar-refractivity contribution in [1.82, 2.24) is 29.9 Å². The number of likely N-dealkylation sites (tertiary alicyclic amines) is 1. The minimum atomic E-state index is -2.60. The van der Waals surface area contributed by atoms with Crippen LogP contribution in [0.15, 0.2) is 23.8 Å². The normalized spacial score (nSPS) is 22.5. The predicted octanol–water partition coefficient (Wildman–Crippen LogP) is 6.10. The number of nitrogens with zero attached hydrogens (tertiary/aromatic N) is 6. The summed E-state index contributed by atoms with van der Waals surface area (Å²) in [6.45, 7) is 8.15. The average Bonchev–Trinajstić information content (AvgIpc) is 3.72. The molecule has 1 spiro atoms. The lowest BCUT2D eigenvalue weighted by molar-refractivity contribution is -0.129. The van der Waals surface area contributed by atoms with E-state index in [1.807, 2.05) is 11.0 Å². The van der Waals surface area contributed by atoms with E-state index in [-0.39, 0.29) is 11.5 Å². The summed E-state index contributed by atoms with van der Waals surface area (Å²) in [7, 11) is 0. The molecule has 5 aliphatic rings. The highest BCUT2D eigenvalue weighted by atomic mass is 32.1. The van der Waals surface area contributed by atoms with E-state index in [2.05, 4.69) is 24.8 Å². The van der Waals surface area contributed by atoms with Crippen molar-refractivity contribution in [3.8, 4) is 10.4 Å². The van der Waals surface area contributed by atoms with Crippen molar-refractivity contribution in [2.75, 3.05) is 44.2 Å². The number of hydrogen-bond acceptors (Lipinski definition) is 7. The molecule has 0 unspecified atom stereocenters. The van der Waals surface area contributed by atoms with E-state index in [0.717, 1.165) is 79.2 Å². The van der Waals surface area contributed by atoms with Crippen molar-refractivity contribution in [1.29, 1.82) is 0 Å². The fourth-order valence-electron chi connectivity index (χ4n) is 8.74. The second kappa shape index (κ2) is 11.7. The summed E-state index contributed by atoms with van der Waals surface area (Å²) >= 11 is 1.39. The first-order valence-electron chi connectivity index (χ1n) is 16.8. The SMILES string of the molecule is CC(=O)N1CCc2c(c(N3CCCc4cc(-c5cncs5)c(C(F)F)cc43)nn2C2CCN(C3CCC4(CC3)CNC4)CC2)C1. The summed E-state index contributed by atoms with van der Waals surface area (Å²) in [5, 5.41) is 8.82. The third-order valence-corrected chi connectivity index (χ3v) is 12.3. The monoisotopic (exact) mass is 635 g/mol. The Labute approximate surface area is 267 Å². The number of amides is 1. The van der Waals surface area contributed by atoms with E-state index >= 15 is 0 Å². The van der Waals surface area contributed by atoms with Gasteiger partial charge in [-0.25, -0.2) is 8.78 Å². The molecule has 0 bridgehead atoms. The Bertz CT molecular complexity index is 1550. The molecule has 0 atom stereocenters.